The number of nitro groups is 1. The number of hydrogen-bond acceptors (Lipinski definition) is 3. The quantitative estimate of drug-likeness (QED) is 0.653. The van der Waals surface area contributed by atoms with Gasteiger partial charge in [0.1, 0.15) is 0 Å². The summed E-state index contributed by atoms with van der Waals surface area (Å²) in [5, 5.41) is 15.8. The Hall–Kier alpha value is -2.37. The van der Waals surface area contributed by atoms with Gasteiger partial charge in [-0.3, -0.25) is 10.1 Å². The average Bonchev–Trinajstić information content (AvgIpc) is 2.35. The third kappa shape index (κ3) is 4.72. The molecule has 0 atom stereocenters. The molecule has 0 heterocycles. The summed E-state index contributed by atoms with van der Waals surface area (Å²) < 4.78 is 0. The van der Waals surface area contributed by atoms with Crippen molar-refractivity contribution < 1.29 is 9.72 Å². The highest BCUT2D eigenvalue weighted by molar-refractivity contribution is 5.90. The van der Waals surface area contributed by atoms with Crippen molar-refractivity contribution >= 4 is 17.4 Å². The number of amides is 2. The molecular weight excluding hydrogens is 258 g/mol. The third-order valence-corrected chi connectivity index (χ3v) is 2.92. The summed E-state index contributed by atoms with van der Waals surface area (Å²) in [6, 6.07) is 5.35. The second-order valence-corrected chi connectivity index (χ2v) is 5.48. The van der Waals surface area contributed by atoms with E-state index in [0.29, 0.717) is 5.69 Å². The van der Waals surface area contributed by atoms with Crippen LogP contribution in [-0.2, 0) is 0 Å². The maximum absolute atomic E-state index is 11.7. The van der Waals surface area contributed by atoms with Gasteiger partial charge < -0.3 is 10.6 Å². The maximum atomic E-state index is 11.7. The van der Waals surface area contributed by atoms with Crippen molar-refractivity contribution in [1.82, 2.24) is 5.32 Å². The number of allylic oxidation sites excluding steroid dienone is 1. The summed E-state index contributed by atoms with van der Waals surface area (Å²) in [6.45, 7) is 8.05. The fourth-order valence-electron chi connectivity index (χ4n) is 1.25. The normalized spacial score (nSPS) is 11.9. The summed E-state index contributed by atoms with van der Waals surface area (Å²) in [7, 11) is 0. The lowest BCUT2D eigenvalue weighted by Crippen LogP contribution is -2.25. The Morgan fingerprint density at radius 3 is 2.55 bits per heavy atom. The smallest absolute Gasteiger partial charge is 0.314 e. The molecule has 1 aromatic rings. The van der Waals surface area contributed by atoms with Crippen molar-refractivity contribution in [3.8, 4) is 0 Å². The Morgan fingerprint density at radius 2 is 2.00 bits per heavy atom. The molecule has 0 saturated heterocycles. The van der Waals surface area contributed by atoms with Gasteiger partial charge in [-0.1, -0.05) is 32.4 Å². The number of carbonyl (C=O) groups excluding carboxylic acids is 1. The molecule has 0 aromatic heterocycles. The number of benzene rings is 1. The molecule has 6 heteroatoms. The molecule has 0 spiro atoms. The SMILES string of the molecule is C/C(=C\NC(=O)Nc1cccc([N+](=O)[O-])c1)C(C)(C)C. The monoisotopic (exact) mass is 277 g/mol. The van der Waals surface area contributed by atoms with Gasteiger partial charge in [-0.05, 0) is 18.4 Å². The van der Waals surface area contributed by atoms with E-state index in [1.165, 1.54) is 18.2 Å². The largest absolute Gasteiger partial charge is 0.323 e. The molecule has 6 nitrogen and oxygen atoms in total. The first kappa shape index (κ1) is 15.7. The summed E-state index contributed by atoms with van der Waals surface area (Å²) in [5.74, 6) is 0. The van der Waals surface area contributed by atoms with Crippen LogP contribution >= 0.6 is 0 Å². The first-order valence-electron chi connectivity index (χ1n) is 6.19. The highest BCUT2D eigenvalue weighted by atomic mass is 16.6. The van der Waals surface area contributed by atoms with E-state index in [2.05, 4.69) is 10.6 Å². The minimum absolute atomic E-state index is 0.0290. The number of nitrogens with one attached hydrogen (secondary N) is 2. The first-order valence-corrected chi connectivity index (χ1v) is 6.19. The van der Waals surface area contributed by atoms with E-state index in [0.717, 1.165) is 5.57 Å². The van der Waals surface area contributed by atoms with Gasteiger partial charge >= 0.3 is 6.03 Å². The van der Waals surface area contributed by atoms with E-state index < -0.39 is 11.0 Å². The van der Waals surface area contributed by atoms with Crippen molar-refractivity contribution in [3.63, 3.8) is 0 Å². The lowest BCUT2D eigenvalue weighted by Gasteiger charge is -2.19. The lowest BCUT2D eigenvalue weighted by atomic mass is 9.88. The third-order valence-electron chi connectivity index (χ3n) is 2.92. The Labute approximate surface area is 118 Å². The van der Waals surface area contributed by atoms with Crippen molar-refractivity contribution in [2.45, 2.75) is 27.7 Å². The van der Waals surface area contributed by atoms with Gasteiger partial charge in [0.15, 0.2) is 0 Å². The van der Waals surface area contributed by atoms with E-state index in [9.17, 15) is 14.9 Å². The molecule has 0 saturated carbocycles. The van der Waals surface area contributed by atoms with E-state index in [1.807, 2.05) is 27.7 Å². The Morgan fingerprint density at radius 1 is 1.35 bits per heavy atom. The molecule has 0 aliphatic heterocycles. The summed E-state index contributed by atoms with van der Waals surface area (Å²) in [5.41, 5.74) is 1.30. The molecule has 1 rings (SSSR count). The molecule has 0 unspecified atom stereocenters. The molecular formula is C14H19N3O3. The molecule has 1 aromatic carbocycles. The number of anilines is 1. The summed E-state index contributed by atoms with van der Waals surface area (Å²) in [6.07, 6.45) is 1.63. The minimum atomic E-state index is -0.507. The van der Waals surface area contributed by atoms with Gasteiger partial charge in [0, 0.05) is 24.0 Å². The van der Waals surface area contributed by atoms with E-state index in [1.54, 1.807) is 12.3 Å². The highest BCUT2D eigenvalue weighted by Gasteiger charge is 2.13. The van der Waals surface area contributed by atoms with Crippen LogP contribution in [0.15, 0.2) is 36.0 Å². The number of nitro benzene ring substituents is 1. The van der Waals surface area contributed by atoms with Crippen LogP contribution in [0.5, 0.6) is 0 Å². The molecule has 20 heavy (non-hydrogen) atoms. The fourth-order valence-corrected chi connectivity index (χ4v) is 1.25. The molecule has 2 amide bonds. The Bertz CT molecular complexity index is 545. The van der Waals surface area contributed by atoms with Gasteiger partial charge in [-0.15, -0.1) is 0 Å². The summed E-state index contributed by atoms with van der Waals surface area (Å²) in [4.78, 5) is 21.8. The van der Waals surface area contributed by atoms with E-state index in [-0.39, 0.29) is 11.1 Å². The fraction of sp³-hybridized carbons (Fsp3) is 0.357. The number of urea groups is 1. The van der Waals surface area contributed by atoms with Gasteiger partial charge in [-0.2, -0.15) is 0 Å². The Kier molecular flexibility index (Phi) is 4.85. The number of hydrogen-bond donors (Lipinski definition) is 2. The zero-order valence-corrected chi connectivity index (χ0v) is 12.1. The zero-order valence-electron chi connectivity index (χ0n) is 12.1. The molecule has 0 bridgehead atoms. The van der Waals surface area contributed by atoms with E-state index in [4.69, 9.17) is 0 Å². The predicted molar refractivity (Wildman–Crippen MR) is 78.5 cm³/mol. The number of rotatable bonds is 3. The van der Waals surface area contributed by atoms with Crippen molar-refractivity contribution in [3.05, 3.63) is 46.2 Å². The highest BCUT2D eigenvalue weighted by Crippen LogP contribution is 2.23. The standard InChI is InChI=1S/C14H19N3O3/c1-10(14(2,3)4)9-15-13(18)16-11-6-5-7-12(8-11)17(19)20/h5-9H,1-4H3,(H2,15,16,18)/b10-9+. The topological polar surface area (TPSA) is 84.3 Å². The molecule has 0 aliphatic rings. The average molecular weight is 277 g/mol. The van der Waals surface area contributed by atoms with Gasteiger partial charge in [-0.25, -0.2) is 4.79 Å². The number of non-ortho nitro benzene ring substituents is 1. The molecule has 2 N–H and O–H groups in total. The maximum Gasteiger partial charge on any atom is 0.323 e. The van der Waals surface area contributed by atoms with Crippen LogP contribution in [0, 0.1) is 15.5 Å². The second-order valence-electron chi connectivity index (χ2n) is 5.48. The number of carbonyl (C=O) groups is 1. The Balaban J connectivity index is 2.68. The first-order chi connectivity index (χ1) is 9.20. The molecule has 0 radical (unpaired) electrons. The lowest BCUT2D eigenvalue weighted by molar-refractivity contribution is -0.384. The van der Waals surface area contributed by atoms with Crippen molar-refractivity contribution in [1.29, 1.82) is 0 Å². The zero-order chi connectivity index (χ0) is 15.3. The van der Waals surface area contributed by atoms with Crippen molar-refractivity contribution in [2.75, 3.05) is 5.32 Å². The van der Waals surface area contributed by atoms with E-state index >= 15 is 0 Å². The van der Waals surface area contributed by atoms with Crippen LogP contribution in [0.2, 0.25) is 0 Å². The molecule has 108 valence electrons. The summed E-state index contributed by atoms with van der Waals surface area (Å²) >= 11 is 0. The van der Waals surface area contributed by atoms with Crippen LogP contribution < -0.4 is 10.6 Å². The molecule has 0 fully saturated rings. The van der Waals surface area contributed by atoms with Crippen LogP contribution in [0.25, 0.3) is 0 Å². The predicted octanol–water partition coefficient (Wildman–Crippen LogP) is 3.67. The van der Waals surface area contributed by atoms with Crippen molar-refractivity contribution in [2.24, 2.45) is 5.41 Å². The number of nitrogens with zero attached hydrogens (tertiary/aromatic N) is 1. The minimum Gasteiger partial charge on any atom is -0.314 e. The van der Waals surface area contributed by atoms with Crippen LogP contribution in [-0.4, -0.2) is 11.0 Å². The van der Waals surface area contributed by atoms with Gasteiger partial charge in [0.25, 0.3) is 5.69 Å². The second kappa shape index (κ2) is 6.18. The van der Waals surface area contributed by atoms with Crippen LogP contribution in [0.3, 0.4) is 0 Å². The van der Waals surface area contributed by atoms with Gasteiger partial charge in [0.2, 0.25) is 0 Å². The van der Waals surface area contributed by atoms with Crippen LogP contribution in [0.4, 0.5) is 16.2 Å². The molecule has 0 aliphatic carbocycles. The van der Waals surface area contributed by atoms with Crippen LogP contribution in [0.1, 0.15) is 27.7 Å². The van der Waals surface area contributed by atoms with Gasteiger partial charge in [0.05, 0.1) is 4.92 Å².